The van der Waals surface area contributed by atoms with E-state index in [1.165, 1.54) is 12.8 Å². The van der Waals surface area contributed by atoms with Crippen molar-refractivity contribution in [2.75, 3.05) is 12.3 Å². The first-order valence-electron chi connectivity index (χ1n) is 6.95. The van der Waals surface area contributed by atoms with E-state index in [0.717, 1.165) is 12.8 Å². The number of hydrogen-bond acceptors (Lipinski definition) is 4. The number of piperidine rings is 1. The number of hydrogen-bond donors (Lipinski definition) is 3. The minimum Gasteiger partial charge on any atom is -0.356 e. The molecule has 2 rings (SSSR count). The first-order chi connectivity index (χ1) is 8.92. The van der Waals surface area contributed by atoms with Crippen LogP contribution in [0.1, 0.15) is 38.5 Å². The number of sulfonamides is 1. The van der Waals surface area contributed by atoms with Crippen molar-refractivity contribution >= 4 is 15.9 Å². The molecule has 0 aromatic rings. The fraction of sp³-hybridized carbons (Fsp3) is 0.917. The van der Waals surface area contributed by atoms with Crippen molar-refractivity contribution < 1.29 is 13.2 Å². The molecule has 0 aromatic carbocycles. The topological polar surface area (TPSA) is 101 Å². The van der Waals surface area contributed by atoms with Gasteiger partial charge in [-0.25, -0.2) is 13.6 Å². The minimum atomic E-state index is -3.42. The lowest BCUT2D eigenvalue weighted by Crippen LogP contribution is -2.39. The Kier molecular flexibility index (Phi) is 4.81. The van der Waals surface area contributed by atoms with Crippen LogP contribution in [0.5, 0.6) is 0 Å². The van der Waals surface area contributed by atoms with E-state index >= 15 is 0 Å². The lowest BCUT2D eigenvalue weighted by molar-refractivity contribution is -0.122. The van der Waals surface area contributed by atoms with Gasteiger partial charge >= 0.3 is 0 Å². The van der Waals surface area contributed by atoms with Gasteiger partial charge in [0.05, 0.1) is 5.75 Å². The molecule has 2 fully saturated rings. The van der Waals surface area contributed by atoms with Gasteiger partial charge in [-0.1, -0.05) is 0 Å². The van der Waals surface area contributed by atoms with Gasteiger partial charge < -0.3 is 10.6 Å². The molecule has 1 amide bonds. The molecule has 2 heterocycles. The van der Waals surface area contributed by atoms with Crippen LogP contribution in [0.4, 0.5) is 0 Å². The van der Waals surface area contributed by atoms with Gasteiger partial charge in [0.15, 0.2) is 0 Å². The van der Waals surface area contributed by atoms with E-state index in [1.54, 1.807) is 0 Å². The molecule has 2 bridgehead atoms. The summed E-state index contributed by atoms with van der Waals surface area (Å²) in [5.41, 5.74) is 0. The summed E-state index contributed by atoms with van der Waals surface area (Å²) < 4.78 is 21.5. The third-order valence-corrected chi connectivity index (χ3v) is 4.83. The maximum Gasteiger partial charge on any atom is 0.220 e. The molecule has 2 unspecified atom stereocenters. The summed E-state index contributed by atoms with van der Waals surface area (Å²) in [6.07, 6.45) is 5.57. The Bertz CT molecular complexity index is 412. The van der Waals surface area contributed by atoms with Crippen molar-refractivity contribution in [3.8, 4) is 0 Å². The molecule has 0 spiro atoms. The van der Waals surface area contributed by atoms with Gasteiger partial charge in [-0.3, -0.25) is 4.79 Å². The first kappa shape index (κ1) is 14.7. The summed E-state index contributed by atoms with van der Waals surface area (Å²) in [6.45, 7) is 0.382. The van der Waals surface area contributed by atoms with Crippen LogP contribution in [0.2, 0.25) is 0 Å². The summed E-state index contributed by atoms with van der Waals surface area (Å²) in [4.78, 5) is 11.8. The molecule has 2 aliphatic rings. The van der Waals surface area contributed by atoms with E-state index in [0.29, 0.717) is 37.4 Å². The van der Waals surface area contributed by atoms with Crippen LogP contribution in [-0.2, 0) is 14.8 Å². The van der Waals surface area contributed by atoms with Crippen LogP contribution in [0.3, 0.4) is 0 Å². The van der Waals surface area contributed by atoms with Crippen LogP contribution in [-0.4, -0.2) is 38.7 Å². The molecule has 0 aromatic heterocycles. The highest BCUT2D eigenvalue weighted by Gasteiger charge is 2.33. The van der Waals surface area contributed by atoms with Crippen LogP contribution in [0, 0.1) is 5.92 Å². The summed E-state index contributed by atoms with van der Waals surface area (Å²) in [5.74, 6) is 0.419. The predicted octanol–water partition coefficient (Wildman–Crippen LogP) is -0.298. The van der Waals surface area contributed by atoms with E-state index < -0.39 is 10.0 Å². The van der Waals surface area contributed by atoms with Crippen LogP contribution >= 0.6 is 0 Å². The average Bonchev–Trinajstić information content (AvgIpc) is 2.63. The molecule has 19 heavy (non-hydrogen) atoms. The number of nitrogens with two attached hydrogens (primary N) is 1. The number of carbonyl (C=O) groups excluding carboxylic acids is 1. The molecule has 0 aliphatic carbocycles. The molecular weight excluding hydrogens is 266 g/mol. The molecule has 2 saturated heterocycles. The molecule has 2 aliphatic heterocycles. The quantitative estimate of drug-likeness (QED) is 0.584. The second-order valence-electron chi connectivity index (χ2n) is 5.75. The number of primary sulfonamides is 1. The van der Waals surface area contributed by atoms with E-state index in [4.69, 9.17) is 5.14 Å². The Morgan fingerprint density at radius 2 is 1.89 bits per heavy atom. The fourth-order valence-electron chi connectivity index (χ4n) is 3.18. The van der Waals surface area contributed by atoms with Crippen molar-refractivity contribution in [3.05, 3.63) is 0 Å². The molecule has 4 N–H and O–H groups in total. The molecule has 6 nitrogen and oxygen atoms in total. The van der Waals surface area contributed by atoms with Crippen molar-refractivity contribution in [1.29, 1.82) is 0 Å². The van der Waals surface area contributed by atoms with Crippen LogP contribution < -0.4 is 15.8 Å². The minimum absolute atomic E-state index is 0.0284. The zero-order valence-corrected chi connectivity index (χ0v) is 11.9. The second kappa shape index (κ2) is 6.19. The molecule has 0 radical (unpaired) electrons. The number of nitrogens with one attached hydrogen (secondary N) is 2. The van der Waals surface area contributed by atoms with Gasteiger partial charge in [0.2, 0.25) is 15.9 Å². The largest absolute Gasteiger partial charge is 0.356 e. The summed E-state index contributed by atoms with van der Waals surface area (Å²) in [6, 6.07) is 1.19. The van der Waals surface area contributed by atoms with E-state index in [2.05, 4.69) is 10.6 Å². The Hall–Kier alpha value is -0.660. The zero-order valence-electron chi connectivity index (χ0n) is 11.1. The van der Waals surface area contributed by atoms with Gasteiger partial charge in [0, 0.05) is 25.0 Å². The maximum absolute atomic E-state index is 11.8. The maximum atomic E-state index is 11.8. The third kappa shape index (κ3) is 5.08. The van der Waals surface area contributed by atoms with E-state index in [9.17, 15) is 13.2 Å². The molecule has 7 heteroatoms. The number of amides is 1. The molecular formula is C12H23N3O3S. The summed E-state index contributed by atoms with van der Waals surface area (Å²) in [7, 11) is -3.42. The Morgan fingerprint density at radius 3 is 2.47 bits per heavy atom. The highest BCUT2D eigenvalue weighted by Crippen LogP contribution is 2.32. The molecule has 2 atom stereocenters. The number of fused-ring (bicyclic) bond motifs is 2. The zero-order chi connectivity index (χ0) is 13.9. The average molecular weight is 289 g/mol. The number of rotatable bonds is 6. The SMILES string of the molecule is NS(=O)(=O)CCCNC(=O)CC1CC2CCC(C1)N2. The van der Waals surface area contributed by atoms with E-state index in [1.807, 2.05) is 0 Å². The van der Waals surface area contributed by atoms with Crippen LogP contribution in [0.25, 0.3) is 0 Å². The lowest BCUT2D eigenvalue weighted by atomic mass is 9.89. The third-order valence-electron chi connectivity index (χ3n) is 3.97. The second-order valence-corrected chi connectivity index (χ2v) is 7.48. The Labute approximate surface area is 114 Å². The Balaban J connectivity index is 1.62. The summed E-state index contributed by atoms with van der Waals surface area (Å²) >= 11 is 0. The first-order valence-corrected chi connectivity index (χ1v) is 8.67. The fourth-order valence-corrected chi connectivity index (χ4v) is 3.72. The normalized spacial score (nSPS) is 30.3. The molecule has 0 saturated carbocycles. The van der Waals surface area contributed by atoms with Crippen molar-refractivity contribution in [2.45, 2.75) is 50.6 Å². The molecule has 110 valence electrons. The summed E-state index contributed by atoms with van der Waals surface area (Å²) in [5, 5.41) is 11.2. The monoisotopic (exact) mass is 289 g/mol. The van der Waals surface area contributed by atoms with Gasteiger partial charge in [-0.05, 0) is 38.0 Å². The van der Waals surface area contributed by atoms with Crippen molar-refractivity contribution in [3.63, 3.8) is 0 Å². The van der Waals surface area contributed by atoms with Crippen molar-refractivity contribution in [1.82, 2.24) is 10.6 Å². The Morgan fingerprint density at radius 1 is 1.26 bits per heavy atom. The van der Waals surface area contributed by atoms with Crippen LogP contribution in [0.15, 0.2) is 0 Å². The highest BCUT2D eigenvalue weighted by atomic mass is 32.2. The number of carbonyl (C=O) groups is 1. The van der Waals surface area contributed by atoms with Gasteiger partial charge in [0.25, 0.3) is 0 Å². The highest BCUT2D eigenvalue weighted by molar-refractivity contribution is 7.89. The van der Waals surface area contributed by atoms with Crippen molar-refractivity contribution in [2.24, 2.45) is 11.1 Å². The van der Waals surface area contributed by atoms with Gasteiger partial charge in [-0.15, -0.1) is 0 Å². The smallest absolute Gasteiger partial charge is 0.220 e. The van der Waals surface area contributed by atoms with Gasteiger partial charge in [0.1, 0.15) is 0 Å². The predicted molar refractivity (Wildman–Crippen MR) is 72.9 cm³/mol. The lowest BCUT2D eigenvalue weighted by Gasteiger charge is -2.28. The standard InChI is InChI=1S/C12H23N3O3S/c13-19(17,18)5-1-4-14-12(16)8-9-6-10-2-3-11(7-9)15-10/h9-11,15H,1-8H2,(H,14,16)(H2,13,17,18). The van der Waals surface area contributed by atoms with Gasteiger partial charge in [-0.2, -0.15) is 0 Å². The van der Waals surface area contributed by atoms with E-state index in [-0.39, 0.29) is 11.7 Å².